The van der Waals surface area contributed by atoms with Crippen molar-refractivity contribution in [1.29, 1.82) is 0 Å². The molecule has 0 aliphatic rings. The van der Waals surface area contributed by atoms with Crippen molar-refractivity contribution in [3.63, 3.8) is 0 Å². The van der Waals surface area contributed by atoms with Gasteiger partial charge in [0.25, 0.3) is 0 Å². The third-order valence-corrected chi connectivity index (χ3v) is 0. The smallest absolute Gasteiger partial charge is 0 e. The van der Waals surface area contributed by atoms with E-state index in [9.17, 15) is 0 Å². The Morgan fingerprint density at radius 3 is 1.00 bits per heavy atom. The second kappa shape index (κ2) is 16.4. The molecule has 0 aromatic rings. The summed E-state index contributed by atoms with van der Waals surface area (Å²) in [7, 11) is 0. The van der Waals surface area contributed by atoms with Gasteiger partial charge in [-0.2, -0.15) is 0 Å². The Morgan fingerprint density at radius 2 is 1.00 bits per heavy atom. The van der Waals surface area contributed by atoms with Crippen LogP contribution in [0, 0.1) is 0 Å². The van der Waals surface area contributed by atoms with Crippen molar-refractivity contribution in [2.24, 2.45) is 0 Å². The average Bonchev–Trinajstić information content (AvgIpc) is 0. The maximum Gasteiger partial charge on any atom is 0.316 e. The van der Waals surface area contributed by atoms with Crippen LogP contribution in [-0.4, -0.2) is 60.8 Å². The molecule has 0 spiro atoms. The van der Waals surface area contributed by atoms with Crippen molar-refractivity contribution < 1.29 is 36.5 Å². The zero-order valence-electron chi connectivity index (χ0n) is 1.06. The second-order valence-corrected chi connectivity index (χ2v) is 0. The minimum absolute atomic E-state index is 0. The van der Waals surface area contributed by atoms with Gasteiger partial charge in [0.2, 0.25) is 0 Å². The Morgan fingerprint density at radius 1 is 1.00 bits per heavy atom. The predicted octanol–water partition coefficient (Wildman–Crippen LogP) is -1.84. The largest absolute Gasteiger partial charge is 0.316 e. The Balaban J connectivity index is 0. The third-order valence-electron chi connectivity index (χ3n) is 0. The maximum absolute atomic E-state index is 0. The topological polar surface area (TPSA) is 0 Å². The van der Waals surface area contributed by atoms with Gasteiger partial charge < -0.3 is 0 Å². The molecular weight excluding hydrogens is 186 g/mol. The van der Waals surface area contributed by atoms with Gasteiger partial charge in [0.15, 0.2) is 0 Å². The normalized spacial score (nSPS) is 0. The van der Waals surface area contributed by atoms with Crippen LogP contribution in [0.5, 0.6) is 0 Å². The van der Waals surface area contributed by atoms with Crippen LogP contribution >= 0.6 is 0 Å². The zero-order valence-corrected chi connectivity index (χ0v) is 5.13. The Kier molecular flexibility index (Phi) is 111. The molecule has 0 atom stereocenters. The molecular formula is H4CaFeMgZn. The van der Waals surface area contributed by atoms with E-state index in [1.54, 1.807) is 0 Å². The van der Waals surface area contributed by atoms with E-state index in [0.29, 0.717) is 0 Å². The maximum atomic E-state index is 0. The molecule has 0 saturated carbocycles. The summed E-state index contributed by atoms with van der Waals surface area (Å²) in [5.41, 5.74) is 0. The van der Waals surface area contributed by atoms with Gasteiger partial charge in [-0.25, -0.2) is 0 Å². The van der Waals surface area contributed by atoms with Gasteiger partial charge >= 0.3 is 60.8 Å². The van der Waals surface area contributed by atoms with Crippen molar-refractivity contribution in [1.82, 2.24) is 0 Å². The molecule has 0 aliphatic carbocycles. The summed E-state index contributed by atoms with van der Waals surface area (Å²) in [6, 6.07) is 0. The molecule has 0 saturated heterocycles. The molecule has 0 heterocycles. The fourth-order valence-corrected chi connectivity index (χ4v) is 0. The SMILES string of the molecule is [CaH2].[Fe].[MgH2].[Zn]. The molecule has 0 nitrogen and oxygen atoms in total. The van der Waals surface area contributed by atoms with E-state index in [1.165, 1.54) is 0 Å². The van der Waals surface area contributed by atoms with Gasteiger partial charge in [-0.3, -0.25) is 0 Å². The van der Waals surface area contributed by atoms with Gasteiger partial charge in [-0.05, 0) is 0 Å². The van der Waals surface area contributed by atoms with E-state index in [2.05, 4.69) is 0 Å². The first-order valence-electron chi connectivity index (χ1n) is 0. The first kappa shape index (κ1) is 27.2. The summed E-state index contributed by atoms with van der Waals surface area (Å²) < 4.78 is 0. The van der Waals surface area contributed by atoms with E-state index in [-0.39, 0.29) is 97.3 Å². The van der Waals surface area contributed by atoms with Crippen molar-refractivity contribution in [2.45, 2.75) is 0 Å². The Labute approximate surface area is 95.2 Å². The van der Waals surface area contributed by atoms with Crippen molar-refractivity contribution in [2.75, 3.05) is 0 Å². The predicted molar refractivity (Wildman–Crippen MR) is 17.1 cm³/mol. The quantitative estimate of drug-likeness (QED) is 0.393. The standard InChI is InChI=1S/Ca.Fe.Mg.Zn.4H. The summed E-state index contributed by atoms with van der Waals surface area (Å²) in [5.74, 6) is 0. The summed E-state index contributed by atoms with van der Waals surface area (Å²) in [5, 5.41) is 0. The first-order chi connectivity index (χ1) is 0. The van der Waals surface area contributed by atoms with Crippen LogP contribution in [0.25, 0.3) is 0 Å². The van der Waals surface area contributed by atoms with Gasteiger partial charge in [0.05, 0.1) is 0 Å². The molecule has 0 fully saturated rings. The number of hydrogen-bond donors (Lipinski definition) is 0. The van der Waals surface area contributed by atoms with E-state index in [0.717, 1.165) is 0 Å². The molecule has 0 aromatic heterocycles. The van der Waals surface area contributed by atoms with Gasteiger partial charge in [-0.1, -0.05) is 0 Å². The van der Waals surface area contributed by atoms with E-state index in [4.69, 9.17) is 0 Å². The minimum atomic E-state index is 0. The molecule has 0 bridgehead atoms. The van der Waals surface area contributed by atoms with Crippen LogP contribution in [0.3, 0.4) is 0 Å². The minimum Gasteiger partial charge on any atom is 0 e. The van der Waals surface area contributed by atoms with Crippen molar-refractivity contribution in [3.05, 3.63) is 0 Å². The average molecular weight is 190 g/mol. The summed E-state index contributed by atoms with van der Waals surface area (Å²) in [6.07, 6.45) is 0. The van der Waals surface area contributed by atoms with Gasteiger partial charge in [0, 0.05) is 36.5 Å². The number of hydrogen-bond acceptors (Lipinski definition) is 0. The molecule has 4 heavy (non-hydrogen) atoms. The van der Waals surface area contributed by atoms with Gasteiger partial charge in [-0.15, -0.1) is 0 Å². The van der Waals surface area contributed by atoms with Crippen LogP contribution in [0.2, 0.25) is 0 Å². The monoisotopic (exact) mass is 188 g/mol. The molecule has 0 N–H and O–H groups in total. The van der Waals surface area contributed by atoms with Crippen LogP contribution in [0.15, 0.2) is 0 Å². The van der Waals surface area contributed by atoms with E-state index < -0.39 is 0 Å². The van der Waals surface area contributed by atoms with Crippen molar-refractivity contribution in [3.8, 4) is 0 Å². The molecule has 0 radical (unpaired) electrons. The summed E-state index contributed by atoms with van der Waals surface area (Å²) in [6.45, 7) is 0. The molecule has 0 aliphatic heterocycles. The first-order valence-corrected chi connectivity index (χ1v) is 0. The molecule has 0 amide bonds. The fourth-order valence-electron chi connectivity index (χ4n) is 0. The van der Waals surface area contributed by atoms with Crippen molar-refractivity contribution >= 4 is 60.8 Å². The van der Waals surface area contributed by atoms with Crippen LogP contribution in [0.4, 0.5) is 0 Å². The molecule has 0 unspecified atom stereocenters. The van der Waals surface area contributed by atoms with E-state index in [1.807, 2.05) is 0 Å². The molecule has 0 rings (SSSR count). The van der Waals surface area contributed by atoms with E-state index >= 15 is 0 Å². The van der Waals surface area contributed by atoms with Crippen LogP contribution in [-0.2, 0) is 36.5 Å². The second-order valence-electron chi connectivity index (χ2n) is 0. The third kappa shape index (κ3) is 8.95. The Hall–Kier alpha value is 3.17. The molecule has 18 valence electrons. The fraction of sp³-hybridized carbons (Fsp3) is 0. The van der Waals surface area contributed by atoms with Crippen LogP contribution < -0.4 is 0 Å². The van der Waals surface area contributed by atoms with Crippen LogP contribution in [0.1, 0.15) is 0 Å². The molecule has 0 aromatic carbocycles. The zero-order chi connectivity index (χ0) is 0. The summed E-state index contributed by atoms with van der Waals surface area (Å²) >= 11 is 0. The summed E-state index contributed by atoms with van der Waals surface area (Å²) in [4.78, 5) is 0. The molecule has 4 heteroatoms. The van der Waals surface area contributed by atoms with Gasteiger partial charge in [0.1, 0.15) is 0 Å². The Bertz CT molecular complexity index is 8.00. The number of rotatable bonds is 0.